The van der Waals surface area contributed by atoms with Gasteiger partial charge in [-0.05, 0) is 44.8 Å². The summed E-state index contributed by atoms with van der Waals surface area (Å²) in [6, 6.07) is 2.37. The molecule has 0 radical (unpaired) electrons. The van der Waals surface area contributed by atoms with Crippen LogP contribution in [0.3, 0.4) is 0 Å². The van der Waals surface area contributed by atoms with Crippen molar-refractivity contribution in [3.8, 4) is 0 Å². The predicted octanol–water partition coefficient (Wildman–Crippen LogP) is 3.05. The Morgan fingerprint density at radius 3 is 2.50 bits per heavy atom. The van der Waals surface area contributed by atoms with Gasteiger partial charge in [0.15, 0.2) is 0 Å². The number of ether oxygens (including phenoxy) is 1. The molecule has 3 aliphatic rings. The van der Waals surface area contributed by atoms with Gasteiger partial charge in [0.2, 0.25) is 0 Å². The van der Waals surface area contributed by atoms with Gasteiger partial charge in [-0.15, -0.1) is 0 Å². The number of amides is 1. The van der Waals surface area contributed by atoms with Crippen molar-refractivity contribution in [2.24, 2.45) is 0 Å². The SMILES string of the molecule is O=C(c1cnc(N2CCCC(N3CCCCCC3)C2)c(Cl)c1)N1CCOCC1. The molecule has 6 nitrogen and oxygen atoms in total. The summed E-state index contributed by atoms with van der Waals surface area (Å²) in [5.74, 6) is 0.810. The highest BCUT2D eigenvalue weighted by Crippen LogP contribution is 2.29. The summed E-state index contributed by atoms with van der Waals surface area (Å²) in [6.45, 7) is 6.83. The van der Waals surface area contributed by atoms with Gasteiger partial charge in [-0.3, -0.25) is 9.69 Å². The number of piperidine rings is 1. The first-order valence-electron chi connectivity index (χ1n) is 10.7. The Hall–Kier alpha value is -1.37. The average Bonchev–Trinajstić information content (AvgIpc) is 3.03. The zero-order valence-corrected chi connectivity index (χ0v) is 17.4. The molecule has 1 unspecified atom stereocenters. The van der Waals surface area contributed by atoms with Crippen molar-refractivity contribution >= 4 is 23.3 Å². The number of halogens is 1. The third kappa shape index (κ3) is 4.61. The normalized spacial score (nSPS) is 24.8. The number of carbonyl (C=O) groups excluding carboxylic acids is 1. The molecule has 3 fully saturated rings. The summed E-state index contributed by atoms with van der Waals surface area (Å²) in [5.41, 5.74) is 0.566. The minimum atomic E-state index is -0.00895. The van der Waals surface area contributed by atoms with E-state index in [0.29, 0.717) is 42.9 Å². The van der Waals surface area contributed by atoms with Crippen LogP contribution in [0.2, 0.25) is 5.02 Å². The number of pyridine rings is 1. The number of hydrogen-bond acceptors (Lipinski definition) is 5. The zero-order valence-electron chi connectivity index (χ0n) is 16.6. The lowest BCUT2D eigenvalue weighted by molar-refractivity contribution is 0.0302. The first-order valence-corrected chi connectivity index (χ1v) is 11.1. The van der Waals surface area contributed by atoms with Crippen molar-refractivity contribution < 1.29 is 9.53 Å². The second kappa shape index (κ2) is 9.42. The molecule has 0 spiro atoms. The summed E-state index contributed by atoms with van der Waals surface area (Å²) in [6.07, 6.45) is 9.45. The van der Waals surface area contributed by atoms with Crippen molar-refractivity contribution in [2.75, 3.05) is 57.4 Å². The van der Waals surface area contributed by atoms with Crippen LogP contribution in [0, 0.1) is 0 Å². The molecule has 0 aliphatic carbocycles. The van der Waals surface area contributed by atoms with E-state index in [2.05, 4.69) is 14.8 Å². The highest BCUT2D eigenvalue weighted by molar-refractivity contribution is 6.33. The maximum Gasteiger partial charge on any atom is 0.255 e. The number of aromatic nitrogens is 1. The van der Waals surface area contributed by atoms with Crippen molar-refractivity contribution in [1.82, 2.24) is 14.8 Å². The van der Waals surface area contributed by atoms with Crippen LogP contribution in [0.25, 0.3) is 0 Å². The zero-order chi connectivity index (χ0) is 19.3. The Bertz CT molecular complexity index is 672. The molecule has 7 heteroatoms. The quantitative estimate of drug-likeness (QED) is 0.772. The monoisotopic (exact) mass is 406 g/mol. The van der Waals surface area contributed by atoms with Crippen LogP contribution in [-0.2, 0) is 4.74 Å². The highest BCUT2D eigenvalue weighted by atomic mass is 35.5. The maximum absolute atomic E-state index is 12.7. The summed E-state index contributed by atoms with van der Waals surface area (Å²) >= 11 is 6.59. The third-order valence-corrected chi connectivity index (χ3v) is 6.50. The summed E-state index contributed by atoms with van der Waals surface area (Å²) in [4.78, 5) is 24.1. The standard InChI is InChI=1S/C21H31ClN4O2/c22-19-14-17(21(27)25-10-12-28-13-11-25)15-23-20(19)26-9-5-6-18(16-26)24-7-3-1-2-4-8-24/h14-15,18H,1-13,16H2. The molecule has 28 heavy (non-hydrogen) atoms. The number of likely N-dealkylation sites (tertiary alicyclic amines) is 1. The third-order valence-electron chi connectivity index (χ3n) is 6.22. The van der Waals surface area contributed by atoms with E-state index in [1.807, 2.05) is 4.90 Å². The van der Waals surface area contributed by atoms with Gasteiger partial charge in [-0.2, -0.15) is 0 Å². The number of carbonyl (C=O) groups is 1. The van der Waals surface area contributed by atoms with E-state index in [1.54, 1.807) is 12.3 Å². The van der Waals surface area contributed by atoms with Gasteiger partial charge in [-0.25, -0.2) is 4.98 Å². The molecule has 3 saturated heterocycles. The van der Waals surface area contributed by atoms with Crippen molar-refractivity contribution in [3.63, 3.8) is 0 Å². The molecule has 0 N–H and O–H groups in total. The van der Waals surface area contributed by atoms with Crippen LogP contribution < -0.4 is 4.90 Å². The lowest BCUT2D eigenvalue weighted by Crippen LogP contribution is -2.48. The number of anilines is 1. The molecule has 3 aliphatic heterocycles. The van der Waals surface area contributed by atoms with Crippen molar-refractivity contribution in [3.05, 3.63) is 22.8 Å². The summed E-state index contributed by atoms with van der Waals surface area (Å²) in [7, 11) is 0. The first-order chi connectivity index (χ1) is 13.7. The Kier molecular flexibility index (Phi) is 6.70. The molecular weight excluding hydrogens is 376 g/mol. The lowest BCUT2D eigenvalue weighted by Gasteiger charge is -2.39. The number of nitrogens with zero attached hydrogens (tertiary/aromatic N) is 4. The van der Waals surface area contributed by atoms with E-state index in [9.17, 15) is 4.79 Å². The number of hydrogen-bond donors (Lipinski definition) is 0. The van der Waals surface area contributed by atoms with E-state index in [4.69, 9.17) is 16.3 Å². The summed E-state index contributed by atoms with van der Waals surface area (Å²) in [5, 5.41) is 0.579. The van der Waals surface area contributed by atoms with Crippen LogP contribution in [0.1, 0.15) is 48.9 Å². The first kappa shape index (κ1) is 19.9. The molecule has 4 rings (SSSR count). The molecule has 1 atom stereocenters. The minimum Gasteiger partial charge on any atom is -0.378 e. The molecule has 0 aromatic carbocycles. The fourth-order valence-electron chi connectivity index (χ4n) is 4.63. The topological polar surface area (TPSA) is 48.9 Å². The highest BCUT2D eigenvalue weighted by Gasteiger charge is 2.28. The van der Waals surface area contributed by atoms with Gasteiger partial charge in [0.05, 0.1) is 23.8 Å². The van der Waals surface area contributed by atoms with Gasteiger partial charge in [-0.1, -0.05) is 24.4 Å². The maximum atomic E-state index is 12.7. The van der Waals surface area contributed by atoms with Gasteiger partial charge < -0.3 is 14.5 Å². The lowest BCUT2D eigenvalue weighted by atomic mass is 10.0. The van der Waals surface area contributed by atoms with E-state index in [1.165, 1.54) is 45.2 Å². The second-order valence-electron chi connectivity index (χ2n) is 8.13. The van der Waals surface area contributed by atoms with E-state index in [-0.39, 0.29) is 5.91 Å². The van der Waals surface area contributed by atoms with Crippen LogP contribution in [0.5, 0.6) is 0 Å². The predicted molar refractivity (Wildman–Crippen MR) is 111 cm³/mol. The summed E-state index contributed by atoms with van der Waals surface area (Å²) < 4.78 is 5.33. The minimum absolute atomic E-state index is 0.00895. The molecule has 0 bridgehead atoms. The molecule has 1 aromatic rings. The number of rotatable bonds is 3. The molecule has 154 valence electrons. The Morgan fingerprint density at radius 2 is 1.79 bits per heavy atom. The van der Waals surface area contributed by atoms with Crippen LogP contribution in [0.4, 0.5) is 5.82 Å². The smallest absolute Gasteiger partial charge is 0.255 e. The Morgan fingerprint density at radius 1 is 1.04 bits per heavy atom. The Balaban J connectivity index is 1.44. The van der Waals surface area contributed by atoms with Crippen LogP contribution >= 0.6 is 11.6 Å². The number of morpholine rings is 1. The van der Waals surface area contributed by atoms with Gasteiger partial charge in [0, 0.05) is 38.4 Å². The molecule has 0 saturated carbocycles. The van der Waals surface area contributed by atoms with E-state index in [0.717, 1.165) is 25.3 Å². The molecule has 1 amide bonds. The van der Waals surface area contributed by atoms with Crippen molar-refractivity contribution in [1.29, 1.82) is 0 Å². The van der Waals surface area contributed by atoms with Gasteiger partial charge in [0.1, 0.15) is 5.82 Å². The largest absolute Gasteiger partial charge is 0.378 e. The van der Waals surface area contributed by atoms with E-state index >= 15 is 0 Å². The molecule has 1 aromatic heterocycles. The average molecular weight is 407 g/mol. The molecule has 4 heterocycles. The fourth-order valence-corrected chi connectivity index (χ4v) is 4.92. The second-order valence-corrected chi connectivity index (χ2v) is 8.53. The van der Waals surface area contributed by atoms with Crippen LogP contribution in [0.15, 0.2) is 12.3 Å². The Labute approximate surface area is 172 Å². The van der Waals surface area contributed by atoms with Gasteiger partial charge in [0.25, 0.3) is 5.91 Å². The van der Waals surface area contributed by atoms with Crippen LogP contribution in [-0.4, -0.2) is 79.2 Å². The van der Waals surface area contributed by atoms with Crippen molar-refractivity contribution in [2.45, 2.75) is 44.6 Å². The fraction of sp³-hybridized carbons (Fsp3) is 0.714. The van der Waals surface area contributed by atoms with Gasteiger partial charge >= 0.3 is 0 Å². The van der Waals surface area contributed by atoms with E-state index < -0.39 is 0 Å². The molecular formula is C21H31ClN4O2.